The number of aromatic nitrogens is 7. The Labute approximate surface area is 122 Å². The molecule has 0 amide bonds. The summed E-state index contributed by atoms with van der Waals surface area (Å²) in [6, 6.07) is -0.0131. The van der Waals surface area contributed by atoms with E-state index in [2.05, 4.69) is 30.4 Å². The largest absolute Gasteiger partial charge is 0.344 e. The molecular formula is C10H10ClN7OS. The third-order valence-corrected chi connectivity index (χ3v) is 3.77. The molecule has 10 heteroatoms. The number of halogens is 1. The summed E-state index contributed by atoms with van der Waals surface area (Å²) in [5, 5.41) is 15.0. The molecule has 3 rings (SSSR count). The van der Waals surface area contributed by atoms with Gasteiger partial charge in [-0.05, 0) is 37.2 Å². The lowest BCUT2D eigenvalue weighted by atomic mass is 10.4. The summed E-state index contributed by atoms with van der Waals surface area (Å²) in [5.74, 6) is 0. The highest BCUT2D eigenvalue weighted by Crippen LogP contribution is 2.30. The van der Waals surface area contributed by atoms with E-state index in [1.165, 1.54) is 11.8 Å². The SMILES string of the molecule is CC(C)n1c(Sc2nc(Cl)nc3[nH]ncc23)n[nH]c1=O. The molecule has 0 aliphatic rings. The maximum Gasteiger partial charge on any atom is 0.344 e. The summed E-state index contributed by atoms with van der Waals surface area (Å²) < 4.78 is 1.55. The molecule has 0 saturated carbocycles. The third kappa shape index (κ3) is 2.18. The first kappa shape index (κ1) is 13.1. The lowest BCUT2D eigenvalue weighted by molar-refractivity contribution is 0.534. The molecule has 0 aromatic carbocycles. The monoisotopic (exact) mass is 311 g/mol. The van der Waals surface area contributed by atoms with Crippen LogP contribution in [0.2, 0.25) is 5.28 Å². The fourth-order valence-corrected chi connectivity index (χ4v) is 3.03. The van der Waals surface area contributed by atoms with Crippen molar-refractivity contribution in [1.82, 2.24) is 34.9 Å². The molecule has 3 aromatic rings. The van der Waals surface area contributed by atoms with Gasteiger partial charge in [0, 0.05) is 6.04 Å². The highest BCUT2D eigenvalue weighted by Gasteiger charge is 2.16. The van der Waals surface area contributed by atoms with Gasteiger partial charge in [0.05, 0.1) is 11.6 Å². The van der Waals surface area contributed by atoms with Crippen molar-refractivity contribution < 1.29 is 0 Å². The number of hydrogen-bond acceptors (Lipinski definition) is 6. The van der Waals surface area contributed by atoms with Gasteiger partial charge >= 0.3 is 5.69 Å². The van der Waals surface area contributed by atoms with E-state index in [9.17, 15) is 4.79 Å². The Balaban J connectivity index is 2.10. The van der Waals surface area contributed by atoms with Crippen LogP contribution >= 0.6 is 23.4 Å². The molecule has 104 valence electrons. The maximum atomic E-state index is 11.7. The van der Waals surface area contributed by atoms with Crippen molar-refractivity contribution in [2.75, 3.05) is 0 Å². The zero-order valence-electron chi connectivity index (χ0n) is 10.6. The molecule has 0 unspecified atom stereocenters. The van der Waals surface area contributed by atoms with Crippen LogP contribution < -0.4 is 5.69 Å². The van der Waals surface area contributed by atoms with Crippen molar-refractivity contribution in [3.05, 3.63) is 22.0 Å². The van der Waals surface area contributed by atoms with E-state index in [0.29, 0.717) is 15.8 Å². The minimum absolute atomic E-state index is 0.0131. The van der Waals surface area contributed by atoms with Crippen molar-refractivity contribution in [2.45, 2.75) is 30.1 Å². The van der Waals surface area contributed by atoms with Crippen LogP contribution in [0, 0.1) is 0 Å². The molecule has 0 atom stereocenters. The van der Waals surface area contributed by atoms with E-state index in [-0.39, 0.29) is 17.0 Å². The van der Waals surface area contributed by atoms with Crippen molar-refractivity contribution >= 4 is 34.4 Å². The maximum absolute atomic E-state index is 11.7. The molecule has 0 fully saturated rings. The third-order valence-electron chi connectivity index (χ3n) is 2.62. The topological polar surface area (TPSA) is 105 Å². The molecule has 3 heterocycles. The van der Waals surface area contributed by atoms with E-state index in [1.807, 2.05) is 13.8 Å². The van der Waals surface area contributed by atoms with Crippen molar-refractivity contribution in [1.29, 1.82) is 0 Å². The number of nitrogens with zero attached hydrogens (tertiary/aromatic N) is 5. The summed E-state index contributed by atoms with van der Waals surface area (Å²) in [4.78, 5) is 19.9. The molecule has 0 bridgehead atoms. The van der Waals surface area contributed by atoms with Gasteiger partial charge in [-0.2, -0.15) is 10.1 Å². The Morgan fingerprint density at radius 3 is 2.90 bits per heavy atom. The minimum Gasteiger partial charge on any atom is -0.267 e. The van der Waals surface area contributed by atoms with Gasteiger partial charge in [0.1, 0.15) is 5.03 Å². The predicted molar refractivity (Wildman–Crippen MR) is 74.0 cm³/mol. The molecule has 0 spiro atoms. The Bertz CT molecular complexity index is 820. The van der Waals surface area contributed by atoms with Crippen molar-refractivity contribution in [3.63, 3.8) is 0 Å². The van der Waals surface area contributed by atoms with Crippen LogP contribution in [0.1, 0.15) is 19.9 Å². The Morgan fingerprint density at radius 2 is 2.15 bits per heavy atom. The van der Waals surface area contributed by atoms with Gasteiger partial charge in [-0.3, -0.25) is 9.67 Å². The van der Waals surface area contributed by atoms with Crippen LogP contribution in [0.5, 0.6) is 0 Å². The average Bonchev–Trinajstić information content (AvgIpc) is 2.95. The number of nitrogens with one attached hydrogen (secondary N) is 2. The Hall–Kier alpha value is -1.87. The second kappa shape index (κ2) is 4.91. The first-order valence-electron chi connectivity index (χ1n) is 5.77. The van der Waals surface area contributed by atoms with E-state index in [1.54, 1.807) is 10.8 Å². The van der Waals surface area contributed by atoms with E-state index >= 15 is 0 Å². The summed E-state index contributed by atoms with van der Waals surface area (Å²) in [7, 11) is 0. The standard InChI is InChI=1S/C10H10ClN7OS/c1-4(2)18-9(19)16-17-10(18)20-7-5-3-12-15-6(5)13-8(11)14-7/h3-4H,1-2H3,(H,16,19)(H,12,13,14,15). The molecule has 3 aromatic heterocycles. The van der Waals surface area contributed by atoms with Crippen LogP contribution in [0.4, 0.5) is 0 Å². The summed E-state index contributed by atoms with van der Waals surface area (Å²) >= 11 is 7.11. The van der Waals surface area contributed by atoms with Gasteiger partial charge in [-0.15, -0.1) is 5.10 Å². The quantitative estimate of drug-likeness (QED) is 0.562. The van der Waals surface area contributed by atoms with E-state index < -0.39 is 0 Å². The number of H-pyrrole nitrogens is 2. The molecule has 0 radical (unpaired) electrons. The first-order valence-corrected chi connectivity index (χ1v) is 6.97. The molecular weight excluding hydrogens is 302 g/mol. The van der Waals surface area contributed by atoms with Gasteiger partial charge in [0.2, 0.25) is 5.28 Å². The number of fused-ring (bicyclic) bond motifs is 1. The lowest BCUT2D eigenvalue weighted by Crippen LogP contribution is -2.19. The van der Waals surface area contributed by atoms with Gasteiger partial charge in [-0.25, -0.2) is 14.9 Å². The Morgan fingerprint density at radius 1 is 1.35 bits per heavy atom. The zero-order chi connectivity index (χ0) is 14.3. The molecule has 0 saturated heterocycles. The summed E-state index contributed by atoms with van der Waals surface area (Å²) in [6.45, 7) is 3.81. The number of aromatic amines is 2. The van der Waals surface area contributed by atoms with Gasteiger partial charge < -0.3 is 0 Å². The minimum atomic E-state index is -0.258. The highest BCUT2D eigenvalue weighted by molar-refractivity contribution is 7.99. The highest BCUT2D eigenvalue weighted by atomic mass is 35.5. The van der Waals surface area contributed by atoms with Crippen LogP contribution in [-0.4, -0.2) is 34.9 Å². The lowest BCUT2D eigenvalue weighted by Gasteiger charge is -2.08. The molecule has 2 N–H and O–H groups in total. The van der Waals surface area contributed by atoms with E-state index in [4.69, 9.17) is 11.6 Å². The van der Waals surface area contributed by atoms with E-state index in [0.717, 1.165) is 5.39 Å². The zero-order valence-corrected chi connectivity index (χ0v) is 12.2. The predicted octanol–water partition coefficient (Wildman–Crippen LogP) is 1.62. The van der Waals surface area contributed by atoms with Gasteiger partial charge in [0.15, 0.2) is 10.8 Å². The summed E-state index contributed by atoms with van der Waals surface area (Å²) in [5.41, 5.74) is 0.285. The number of hydrogen-bond donors (Lipinski definition) is 2. The van der Waals surface area contributed by atoms with Crippen molar-refractivity contribution in [3.8, 4) is 0 Å². The van der Waals surface area contributed by atoms with Crippen LogP contribution in [0.15, 0.2) is 21.2 Å². The average molecular weight is 312 g/mol. The van der Waals surface area contributed by atoms with Gasteiger partial charge in [0.25, 0.3) is 0 Å². The molecule has 0 aliphatic carbocycles. The first-order chi connectivity index (χ1) is 9.56. The van der Waals surface area contributed by atoms with Gasteiger partial charge in [-0.1, -0.05) is 0 Å². The molecule has 8 nitrogen and oxygen atoms in total. The fourth-order valence-electron chi connectivity index (χ4n) is 1.76. The second-order valence-corrected chi connectivity index (χ2v) is 5.60. The normalized spacial score (nSPS) is 11.6. The smallest absolute Gasteiger partial charge is 0.267 e. The van der Waals surface area contributed by atoms with Crippen LogP contribution in [0.3, 0.4) is 0 Å². The summed E-state index contributed by atoms with van der Waals surface area (Å²) in [6.07, 6.45) is 1.61. The molecule has 0 aliphatic heterocycles. The van der Waals surface area contributed by atoms with Crippen LogP contribution in [0.25, 0.3) is 11.0 Å². The molecule has 20 heavy (non-hydrogen) atoms. The fraction of sp³-hybridized carbons (Fsp3) is 0.300. The number of rotatable bonds is 3. The second-order valence-electron chi connectivity index (χ2n) is 4.31. The van der Waals surface area contributed by atoms with Crippen LogP contribution in [-0.2, 0) is 0 Å². The van der Waals surface area contributed by atoms with Crippen molar-refractivity contribution in [2.24, 2.45) is 0 Å². The Kier molecular flexibility index (Phi) is 3.22.